The molecule has 0 saturated heterocycles. The second kappa shape index (κ2) is 13.2. The highest BCUT2D eigenvalue weighted by Crippen LogP contribution is 1.93. The smallest absolute Gasteiger partial charge is 0.101 e. The van der Waals surface area contributed by atoms with E-state index in [2.05, 4.69) is 0 Å². The van der Waals surface area contributed by atoms with E-state index >= 15 is 0 Å². The van der Waals surface area contributed by atoms with Crippen molar-refractivity contribution in [1.82, 2.24) is 0 Å². The van der Waals surface area contributed by atoms with Crippen LogP contribution in [0.3, 0.4) is 0 Å². The summed E-state index contributed by atoms with van der Waals surface area (Å²) in [6, 6.07) is 0. The van der Waals surface area contributed by atoms with Gasteiger partial charge in [0, 0.05) is 6.54 Å². The van der Waals surface area contributed by atoms with Crippen molar-refractivity contribution in [2.24, 2.45) is 5.73 Å². The molecule has 3 N–H and O–H groups in total. The van der Waals surface area contributed by atoms with Crippen LogP contribution in [0.25, 0.3) is 0 Å². The summed E-state index contributed by atoms with van der Waals surface area (Å²) in [6.45, 7) is 7.51. The van der Waals surface area contributed by atoms with Crippen molar-refractivity contribution in [2.75, 3.05) is 52.8 Å². The predicted molar refractivity (Wildman–Crippen MR) is 68.6 cm³/mol. The van der Waals surface area contributed by atoms with Gasteiger partial charge in [0.2, 0.25) is 0 Å². The van der Waals surface area contributed by atoms with Gasteiger partial charge in [-0.2, -0.15) is 0 Å². The van der Waals surface area contributed by atoms with Crippen molar-refractivity contribution < 1.29 is 24.1 Å². The van der Waals surface area contributed by atoms with Gasteiger partial charge in [-0.05, 0) is 13.8 Å². The summed E-state index contributed by atoms with van der Waals surface area (Å²) in [5.41, 5.74) is 5.26. The molecule has 1 unspecified atom stereocenters. The van der Waals surface area contributed by atoms with Crippen LogP contribution in [-0.4, -0.2) is 70.1 Å². The molecule has 0 aliphatic rings. The van der Waals surface area contributed by atoms with Crippen LogP contribution < -0.4 is 5.73 Å². The third kappa shape index (κ3) is 13.8. The van der Waals surface area contributed by atoms with E-state index in [1.165, 1.54) is 0 Å². The van der Waals surface area contributed by atoms with E-state index in [-0.39, 0.29) is 12.7 Å². The van der Waals surface area contributed by atoms with E-state index in [0.717, 1.165) is 0 Å². The fourth-order valence-electron chi connectivity index (χ4n) is 1.09. The lowest BCUT2D eigenvalue weighted by Gasteiger charge is -2.13. The Morgan fingerprint density at radius 3 is 2.00 bits per heavy atom. The molecule has 0 saturated carbocycles. The van der Waals surface area contributed by atoms with Crippen LogP contribution >= 0.6 is 0 Å². The summed E-state index contributed by atoms with van der Waals surface area (Å²) in [7, 11) is 0. The van der Waals surface area contributed by atoms with Gasteiger partial charge in [0.05, 0.1) is 52.4 Å². The molecular weight excluding hydrogens is 238 g/mol. The molecule has 110 valence electrons. The number of hydrogen-bond donors (Lipinski definition) is 2. The van der Waals surface area contributed by atoms with Crippen LogP contribution in [0.4, 0.5) is 0 Å². The Balaban J connectivity index is 3.10. The van der Waals surface area contributed by atoms with E-state index in [1.807, 2.05) is 13.8 Å². The number of hydrogen-bond acceptors (Lipinski definition) is 6. The van der Waals surface area contributed by atoms with Crippen molar-refractivity contribution in [3.8, 4) is 0 Å². The van der Waals surface area contributed by atoms with Crippen molar-refractivity contribution in [2.45, 2.75) is 26.1 Å². The van der Waals surface area contributed by atoms with Gasteiger partial charge < -0.3 is 29.8 Å². The van der Waals surface area contributed by atoms with Gasteiger partial charge in [0.25, 0.3) is 0 Å². The lowest BCUT2D eigenvalue weighted by Crippen LogP contribution is -2.24. The summed E-state index contributed by atoms with van der Waals surface area (Å²) in [6.07, 6.45) is -0.461. The van der Waals surface area contributed by atoms with Gasteiger partial charge in [-0.15, -0.1) is 0 Å². The molecule has 0 fully saturated rings. The maximum atomic E-state index is 9.48. The molecular formula is C12H27NO5. The van der Waals surface area contributed by atoms with Gasteiger partial charge >= 0.3 is 0 Å². The van der Waals surface area contributed by atoms with Crippen molar-refractivity contribution in [1.29, 1.82) is 0 Å². The number of nitrogens with two attached hydrogens (primary N) is 1. The lowest BCUT2D eigenvalue weighted by molar-refractivity contribution is -0.0474. The topological polar surface area (TPSA) is 83.2 Å². The van der Waals surface area contributed by atoms with Crippen molar-refractivity contribution in [3.63, 3.8) is 0 Å². The molecule has 0 amide bonds. The second-order valence-electron chi connectivity index (χ2n) is 4.12. The average Bonchev–Trinajstić information content (AvgIpc) is 2.34. The molecule has 18 heavy (non-hydrogen) atoms. The van der Waals surface area contributed by atoms with Crippen molar-refractivity contribution >= 4 is 0 Å². The summed E-state index contributed by atoms with van der Waals surface area (Å²) in [4.78, 5) is 0. The average molecular weight is 265 g/mol. The molecule has 0 aliphatic heterocycles. The Kier molecular flexibility index (Phi) is 13.0. The molecule has 6 heteroatoms. The molecule has 0 aromatic rings. The van der Waals surface area contributed by atoms with Crippen LogP contribution in [-0.2, 0) is 18.9 Å². The summed E-state index contributed by atoms with van der Waals surface area (Å²) < 4.78 is 20.9. The molecule has 6 nitrogen and oxygen atoms in total. The zero-order chi connectivity index (χ0) is 13.6. The predicted octanol–water partition coefficient (Wildman–Crippen LogP) is -0.219. The van der Waals surface area contributed by atoms with Gasteiger partial charge in [0.15, 0.2) is 0 Å². The number of ether oxygens (including phenoxy) is 4. The first kappa shape index (κ1) is 17.8. The van der Waals surface area contributed by atoms with Crippen molar-refractivity contribution in [3.05, 3.63) is 0 Å². The van der Waals surface area contributed by atoms with Crippen LogP contribution in [0.5, 0.6) is 0 Å². The number of aliphatic hydroxyl groups is 1. The Morgan fingerprint density at radius 1 is 0.889 bits per heavy atom. The Bertz CT molecular complexity index is 169. The molecule has 0 aliphatic carbocycles. The third-order valence-electron chi connectivity index (χ3n) is 1.94. The van der Waals surface area contributed by atoms with Gasteiger partial charge in [-0.3, -0.25) is 0 Å². The zero-order valence-corrected chi connectivity index (χ0v) is 11.5. The summed E-state index contributed by atoms with van der Waals surface area (Å²) in [5.74, 6) is 0. The quantitative estimate of drug-likeness (QED) is 0.448. The van der Waals surface area contributed by atoms with E-state index in [0.29, 0.717) is 46.2 Å². The SMILES string of the molecule is CC(C)OCC(O)COCCOCCOCCN. The fourth-order valence-corrected chi connectivity index (χ4v) is 1.09. The van der Waals surface area contributed by atoms with Crippen LogP contribution in [0.1, 0.15) is 13.8 Å². The molecule has 1 atom stereocenters. The molecule has 0 aromatic carbocycles. The molecule has 0 aromatic heterocycles. The molecule has 0 rings (SSSR count). The van der Waals surface area contributed by atoms with Crippen LogP contribution in [0.15, 0.2) is 0 Å². The first-order valence-electron chi connectivity index (χ1n) is 6.39. The van der Waals surface area contributed by atoms with Crippen LogP contribution in [0.2, 0.25) is 0 Å². The Morgan fingerprint density at radius 2 is 1.44 bits per heavy atom. The zero-order valence-electron chi connectivity index (χ0n) is 11.5. The van der Waals surface area contributed by atoms with Gasteiger partial charge in [0.1, 0.15) is 6.10 Å². The first-order chi connectivity index (χ1) is 8.66. The van der Waals surface area contributed by atoms with Gasteiger partial charge in [-0.25, -0.2) is 0 Å². The normalized spacial score (nSPS) is 13.2. The lowest BCUT2D eigenvalue weighted by atomic mass is 10.4. The van der Waals surface area contributed by atoms with E-state index in [1.54, 1.807) is 0 Å². The summed E-state index contributed by atoms with van der Waals surface area (Å²) >= 11 is 0. The number of aliphatic hydroxyl groups excluding tert-OH is 1. The van der Waals surface area contributed by atoms with E-state index in [9.17, 15) is 5.11 Å². The molecule has 0 bridgehead atoms. The minimum atomic E-state index is -0.583. The third-order valence-corrected chi connectivity index (χ3v) is 1.94. The second-order valence-corrected chi connectivity index (χ2v) is 4.12. The van der Waals surface area contributed by atoms with E-state index in [4.69, 9.17) is 24.7 Å². The summed E-state index contributed by atoms with van der Waals surface area (Å²) in [5, 5.41) is 9.48. The highest BCUT2D eigenvalue weighted by molar-refractivity contribution is 4.52. The molecule has 0 heterocycles. The highest BCUT2D eigenvalue weighted by atomic mass is 16.5. The fraction of sp³-hybridized carbons (Fsp3) is 1.00. The standard InChI is InChI=1S/C12H27NO5/c1-11(2)18-10-12(14)9-17-8-7-16-6-5-15-4-3-13/h11-12,14H,3-10,13H2,1-2H3. The number of rotatable bonds is 13. The minimum absolute atomic E-state index is 0.122. The monoisotopic (exact) mass is 265 g/mol. The van der Waals surface area contributed by atoms with Gasteiger partial charge in [-0.1, -0.05) is 0 Å². The Hall–Kier alpha value is -0.240. The molecule has 0 radical (unpaired) electrons. The maximum Gasteiger partial charge on any atom is 0.101 e. The molecule has 0 spiro atoms. The highest BCUT2D eigenvalue weighted by Gasteiger charge is 2.05. The minimum Gasteiger partial charge on any atom is -0.388 e. The maximum absolute atomic E-state index is 9.48. The largest absolute Gasteiger partial charge is 0.388 e. The van der Waals surface area contributed by atoms with E-state index < -0.39 is 6.10 Å². The Labute approximate surface area is 109 Å². The van der Waals surface area contributed by atoms with Crippen LogP contribution in [0, 0.1) is 0 Å². The first-order valence-corrected chi connectivity index (χ1v) is 6.39.